The van der Waals surface area contributed by atoms with Crippen LogP contribution < -0.4 is 5.32 Å². The van der Waals surface area contributed by atoms with E-state index in [-0.39, 0.29) is 17.6 Å². The Kier molecular flexibility index (Phi) is 1.97. The molecule has 3 rings (SSSR count). The number of rotatable bonds is 2. The molecule has 1 amide bonds. The molecule has 0 spiro atoms. The summed E-state index contributed by atoms with van der Waals surface area (Å²) < 4.78 is 0. The highest BCUT2D eigenvalue weighted by molar-refractivity contribution is 6.07. The molecule has 17 heavy (non-hydrogen) atoms. The second-order valence-corrected chi connectivity index (χ2v) is 5.48. The van der Waals surface area contributed by atoms with Crippen molar-refractivity contribution in [3.8, 4) is 0 Å². The summed E-state index contributed by atoms with van der Waals surface area (Å²) in [7, 11) is 0. The largest absolute Gasteiger partial charge is 0.325 e. The first kappa shape index (κ1) is 10.5. The highest BCUT2D eigenvalue weighted by Gasteiger charge is 2.39. The van der Waals surface area contributed by atoms with Crippen molar-refractivity contribution in [2.24, 2.45) is 5.92 Å². The van der Waals surface area contributed by atoms with Crippen LogP contribution in [0.2, 0.25) is 0 Å². The van der Waals surface area contributed by atoms with Crippen LogP contribution in [0.4, 0.5) is 5.69 Å². The summed E-state index contributed by atoms with van der Waals surface area (Å²) in [6, 6.07) is 5.55. The maximum Gasteiger partial charge on any atom is 0.234 e. The van der Waals surface area contributed by atoms with Gasteiger partial charge in [0.25, 0.3) is 0 Å². The van der Waals surface area contributed by atoms with Crippen LogP contribution in [-0.4, -0.2) is 11.7 Å². The molecule has 2 aliphatic rings. The summed E-state index contributed by atoms with van der Waals surface area (Å²) in [5.74, 6) is 0.452. The molecular weight excluding hydrogens is 214 g/mol. The first-order chi connectivity index (χ1) is 8.00. The van der Waals surface area contributed by atoms with Crippen molar-refractivity contribution in [1.29, 1.82) is 0 Å². The van der Waals surface area contributed by atoms with Gasteiger partial charge in [0.2, 0.25) is 5.91 Å². The van der Waals surface area contributed by atoms with Crippen LogP contribution in [0.15, 0.2) is 18.2 Å². The maximum absolute atomic E-state index is 12.0. The zero-order chi connectivity index (χ0) is 12.2. The fourth-order valence-electron chi connectivity index (χ4n) is 2.31. The Bertz CT molecular complexity index is 527. The van der Waals surface area contributed by atoms with E-state index < -0.39 is 5.41 Å². The van der Waals surface area contributed by atoms with Gasteiger partial charge < -0.3 is 5.32 Å². The van der Waals surface area contributed by atoms with Gasteiger partial charge in [0.15, 0.2) is 5.78 Å². The lowest BCUT2D eigenvalue weighted by molar-refractivity contribution is -0.119. The lowest BCUT2D eigenvalue weighted by Crippen LogP contribution is -2.27. The minimum atomic E-state index is -0.533. The Morgan fingerprint density at radius 1 is 1.35 bits per heavy atom. The van der Waals surface area contributed by atoms with Crippen molar-refractivity contribution in [2.45, 2.75) is 32.1 Å². The molecule has 1 aromatic rings. The molecule has 1 aromatic carbocycles. The maximum atomic E-state index is 12.0. The average molecular weight is 229 g/mol. The van der Waals surface area contributed by atoms with E-state index in [9.17, 15) is 9.59 Å². The summed E-state index contributed by atoms with van der Waals surface area (Å²) in [5, 5.41) is 2.85. The molecule has 0 radical (unpaired) electrons. The van der Waals surface area contributed by atoms with Gasteiger partial charge in [-0.3, -0.25) is 9.59 Å². The summed E-state index contributed by atoms with van der Waals surface area (Å²) in [6.07, 6.45) is 2.02. The SMILES string of the molecule is CC1(C)C(=O)Nc2ccc(C(=O)C3CC3)cc21. The van der Waals surface area contributed by atoms with Crippen molar-refractivity contribution in [3.63, 3.8) is 0 Å². The highest BCUT2D eigenvalue weighted by atomic mass is 16.2. The van der Waals surface area contributed by atoms with Crippen LogP contribution in [0.25, 0.3) is 0 Å². The van der Waals surface area contributed by atoms with E-state index in [2.05, 4.69) is 5.32 Å². The van der Waals surface area contributed by atoms with E-state index in [1.807, 2.05) is 32.0 Å². The standard InChI is InChI=1S/C14H15NO2/c1-14(2)10-7-9(12(16)8-3-4-8)5-6-11(10)15-13(14)17/h5-8H,3-4H2,1-2H3,(H,15,17). The van der Waals surface area contributed by atoms with Crippen molar-refractivity contribution >= 4 is 17.4 Å². The van der Waals surface area contributed by atoms with Crippen molar-refractivity contribution in [3.05, 3.63) is 29.3 Å². The summed E-state index contributed by atoms with van der Waals surface area (Å²) in [5.41, 5.74) is 1.99. The fourth-order valence-corrected chi connectivity index (χ4v) is 2.31. The monoisotopic (exact) mass is 229 g/mol. The number of anilines is 1. The Balaban J connectivity index is 2.05. The van der Waals surface area contributed by atoms with Crippen LogP contribution in [0.5, 0.6) is 0 Å². The second-order valence-electron chi connectivity index (χ2n) is 5.48. The number of carbonyl (C=O) groups excluding carboxylic acids is 2. The van der Waals surface area contributed by atoms with Crippen LogP contribution in [0.3, 0.4) is 0 Å². The molecule has 0 aromatic heterocycles. The number of amides is 1. The van der Waals surface area contributed by atoms with Crippen LogP contribution in [0, 0.1) is 5.92 Å². The second kappa shape index (κ2) is 3.19. The summed E-state index contributed by atoms with van der Waals surface area (Å²) in [6.45, 7) is 3.78. The molecule has 88 valence electrons. The molecule has 1 N–H and O–H groups in total. The van der Waals surface area contributed by atoms with Crippen molar-refractivity contribution in [2.75, 3.05) is 5.32 Å². The van der Waals surface area contributed by atoms with Crippen molar-refractivity contribution < 1.29 is 9.59 Å². The van der Waals surface area contributed by atoms with E-state index in [1.54, 1.807) is 0 Å². The van der Waals surface area contributed by atoms with E-state index in [4.69, 9.17) is 0 Å². The number of benzene rings is 1. The molecule has 1 aliphatic heterocycles. The van der Waals surface area contributed by atoms with Gasteiger partial charge in [0.05, 0.1) is 5.41 Å². The number of hydrogen-bond donors (Lipinski definition) is 1. The molecule has 0 unspecified atom stereocenters. The lowest BCUT2D eigenvalue weighted by Gasteiger charge is -2.15. The van der Waals surface area contributed by atoms with Gasteiger partial charge in [-0.1, -0.05) is 0 Å². The third-order valence-electron chi connectivity index (χ3n) is 3.74. The Morgan fingerprint density at radius 2 is 2.06 bits per heavy atom. The van der Waals surface area contributed by atoms with Gasteiger partial charge in [-0.25, -0.2) is 0 Å². The fraction of sp³-hybridized carbons (Fsp3) is 0.429. The first-order valence-corrected chi connectivity index (χ1v) is 6.00. The first-order valence-electron chi connectivity index (χ1n) is 6.00. The van der Waals surface area contributed by atoms with Gasteiger partial charge >= 0.3 is 0 Å². The van der Waals surface area contributed by atoms with Crippen LogP contribution in [0.1, 0.15) is 42.6 Å². The molecule has 0 saturated heterocycles. The summed E-state index contributed by atoms with van der Waals surface area (Å²) >= 11 is 0. The van der Waals surface area contributed by atoms with E-state index >= 15 is 0 Å². The molecule has 0 bridgehead atoms. The molecule has 1 heterocycles. The van der Waals surface area contributed by atoms with Gasteiger partial charge in [-0.15, -0.1) is 0 Å². The van der Waals surface area contributed by atoms with Crippen LogP contribution >= 0.6 is 0 Å². The third-order valence-corrected chi connectivity index (χ3v) is 3.74. The smallest absolute Gasteiger partial charge is 0.234 e. The van der Waals surface area contributed by atoms with Gasteiger partial charge in [0.1, 0.15) is 0 Å². The van der Waals surface area contributed by atoms with Crippen LogP contribution in [-0.2, 0) is 10.2 Å². The van der Waals surface area contributed by atoms with Gasteiger partial charge in [-0.05, 0) is 50.5 Å². The third kappa shape index (κ3) is 1.49. The molecule has 1 saturated carbocycles. The Labute approximate surface area is 100 Å². The quantitative estimate of drug-likeness (QED) is 0.792. The van der Waals surface area contributed by atoms with E-state index in [0.717, 1.165) is 29.7 Å². The van der Waals surface area contributed by atoms with Gasteiger partial charge in [0, 0.05) is 17.2 Å². The number of ketones is 1. The molecule has 1 fully saturated rings. The molecular formula is C14H15NO2. The predicted molar refractivity (Wildman–Crippen MR) is 65.2 cm³/mol. The average Bonchev–Trinajstić information content (AvgIpc) is 3.09. The number of nitrogens with one attached hydrogen (secondary N) is 1. The Hall–Kier alpha value is -1.64. The predicted octanol–water partition coefficient (Wildman–Crippen LogP) is 2.51. The zero-order valence-electron chi connectivity index (χ0n) is 10.0. The van der Waals surface area contributed by atoms with E-state index in [0.29, 0.717) is 0 Å². The number of carbonyl (C=O) groups is 2. The van der Waals surface area contributed by atoms with Gasteiger partial charge in [-0.2, -0.15) is 0 Å². The Morgan fingerprint density at radius 3 is 2.71 bits per heavy atom. The number of Topliss-reactive ketones (excluding diaryl/α,β-unsaturated/α-hetero) is 1. The molecule has 1 aliphatic carbocycles. The number of fused-ring (bicyclic) bond motifs is 1. The molecule has 3 heteroatoms. The normalized spacial score (nSPS) is 20.9. The topological polar surface area (TPSA) is 46.2 Å². The highest BCUT2D eigenvalue weighted by Crippen LogP contribution is 2.39. The lowest BCUT2D eigenvalue weighted by atomic mass is 9.85. The van der Waals surface area contributed by atoms with Crippen molar-refractivity contribution in [1.82, 2.24) is 0 Å². The van der Waals surface area contributed by atoms with E-state index in [1.165, 1.54) is 0 Å². The number of hydrogen-bond acceptors (Lipinski definition) is 2. The zero-order valence-corrected chi connectivity index (χ0v) is 10.0. The minimum absolute atomic E-state index is 0.00326. The molecule has 3 nitrogen and oxygen atoms in total. The minimum Gasteiger partial charge on any atom is -0.325 e. The summed E-state index contributed by atoms with van der Waals surface area (Å²) in [4.78, 5) is 23.8. The molecule has 0 atom stereocenters.